The van der Waals surface area contributed by atoms with Crippen LogP contribution in [0.2, 0.25) is 5.02 Å². The monoisotopic (exact) mass is 376 g/mol. The Kier molecular flexibility index (Phi) is 6.63. The second-order valence-electron chi connectivity index (χ2n) is 6.95. The second-order valence-corrected chi connectivity index (χ2v) is 7.38. The van der Waals surface area contributed by atoms with Crippen LogP contribution in [0.5, 0.6) is 0 Å². The van der Waals surface area contributed by atoms with Crippen LogP contribution in [0, 0.1) is 24.2 Å². The molecule has 26 heavy (non-hydrogen) atoms. The van der Waals surface area contributed by atoms with E-state index in [1.807, 2.05) is 19.9 Å². The summed E-state index contributed by atoms with van der Waals surface area (Å²) in [5.41, 5.74) is 0.753. The van der Waals surface area contributed by atoms with E-state index < -0.39 is 5.54 Å². The Hall–Kier alpha value is -2.10. The molecule has 1 aromatic rings. The Morgan fingerprint density at radius 3 is 2.58 bits per heavy atom. The predicted octanol–water partition coefficient (Wildman–Crippen LogP) is 2.72. The molecule has 7 heteroatoms. The summed E-state index contributed by atoms with van der Waals surface area (Å²) in [5, 5.41) is 15.5. The standard InChI is InChI=1S/C19H25ClN4O2/c1-4-24(11-18(26)23-19(3,12-21)14-6-7-14)10-17(25)22-16-9-15(20)8-5-13(16)2/h5,8-9,14H,4,6-7,10-11H2,1-3H3,(H,22,25)(H,23,26)/t19-/m1/s1. The number of carbonyl (C=O) groups excluding carboxylic acids is 2. The molecule has 1 fully saturated rings. The summed E-state index contributed by atoms with van der Waals surface area (Å²) >= 11 is 5.97. The van der Waals surface area contributed by atoms with Crippen LogP contribution >= 0.6 is 11.6 Å². The number of amides is 2. The average molecular weight is 377 g/mol. The highest BCUT2D eigenvalue weighted by atomic mass is 35.5. The van der Waals surface area contributed by atoms with Gasteiger partial charge in [0.25, 0.3) is 0 Å². The van der Waals surface area contributed by atoms with Crippen LogP contribution in [0.4, 0.5) is 5.69 Å². The van der Waals surface area contributed by atoms with Crippen molar-refractivity contribution in [3.63, 3.8) is 0 Å². The number of rotatable bonds is 8. The third-order valence-electron chi connectivity index (χ3n) is 4.68. The van der Waals surface area contributed by atoms with Crippen LogP contribution in [-0.2, 0) is 9.59 Å². The number of halogens is 1. The highest BCUT2D eigenvalue weighted by Crippen LogP contribution is 2.39. The lowest BCUT2D eigenvalue weighted by atomic mass is 9.98. The first kappa shape index (κ1) is 20.2. The molecule has 0 bridgehead atoms. The molecule has 6 nitrogen and oxygen atoms in total. The molecule has 2 N–H and O–H groups in total. The maximum atomic E-state index is 12.3. The molecule has 2 rings (SSSR count). The summed E-state index contributed by atoms with van der Waals surface area (Å²) < 4.78 is 0. The molecule has 1 saturated carbocycles. The van der Waals surface area contributed by atoms with Crippen molar-refractivity contribution in [2.24, 2.45) is 5.92 Å². The van der Waals surface area contributed by atoms with Crippen LogP contribution in [-0.4, -0.2) is 41.9 Å². The zero-order valence-electron chi connectivity index (χ0n) is 15.4. The van der Waals surface area contributed by atoms with E-state index in [1.165, 1.54) is 0 Å². The van der Waals surface area contributed by atoms with Gasteiger partial charge in [-0.25, -0.2) is 0 Å². The Morgan fingerprint density at radius 2 is 2.00 bits per heavy atom. The smallest absolute Gasteiger partial charge is 0.238 e. The van der Waals surface area contributed by atoms with Gasteiger partial charge in [0.1, 0.15) is 5.54 Å². The zero-order chi connectivity index (χ0) is 19.3. The SMILES string of the molecule is CCN(CC(=O)Nc1cc(Cl)ccc1C)CC(=O)N[C@](C)(C#N)C1CC1. The summed E-state index contributed by atoms with van der Waals surface area (Å²) in [6.45, 7) is 6.23. The maximum absolute atomic E-state index is 12.3. The highest BCUT2D eigenvalue weighted by molar-refractivity contribution is 6.31. The van der Waals surface area contributed by atoms with E-state index in [0.29, 0.717) is 17.3 Å². The van der Waals surface area contributed by atoms with Gasteiger partial charge in [0, 0.05) is 10.7 Å². The molecule has 1 aliphatic carbocycles. The van der Waals surface area contributed by atoms with E-state index in [0.717, 1.165) is 18.4 Å². The Balaban J connectivity index is 1.90. The lowest BCUT2D eigenvalue weighted by molar-refractivity contribution is -0.124. The normalized spacial score (nSPS) is 15.8. The molecule has 0 spiro atoms. The number of hydrogen-bond acceptors (Lipinski definition) is 4. The molecular formula is C19H25ClN4O2. The van der Waals surface area contributed by atoms with Crippen LogP contribution in [0.15, 0.2) is 18.2 Å². The largest absolute Gasteiger partial charge is 0.337 e. The average Bonchev–Trinajstić information content (AvgIpc) is 3.42. The van der Waals surface area contributed by atoms with Gasteiger partial charge in [0.15, 0.2) is 0 Å². The van der Waals surface area contributed by atoms with Crippen LogP contribution in [0.3, 0.4) is 0 Å². The second kappa shape index (κ2) is 8.52. The van der Waals surface area contributed by atoms with Crippen molar-refractivity contribution in [2.75, 3.05) is 25.0 Å². The van der Waals surface area contributed by atoms with Gasteiger partial charge < -0.3 is 10.6 Å². The number of nitrogens with zero attached hydrogens (tertiary/aromatic N) is 2. The Bertz CT molecular complexity index is 727. The van der Waals surface area contributed by atoms with Gasteiger partial charge in [-0.15, -0.1) is 0 Å². The van der Waals surface area contributed by atoms with Crippen LogP contribution in [0.25, 0.3) is 0 Å². The number of hydrogen-bond donors (Lipinski definition) is 2. The van der Waals surface area contributed by atoms with E-state index in [9.17, 15) is 14.9 Å². The fraction of sp³-hybridized carbons (Fsp3) is 0.526. The minimum atomic E-state index is -0.823. The number of carbonyl (C=O) groups is 2. The lowest BCUT2D eigenvalue weighted by Crippen LogP contribution is -2.50. The van der Waals surface area contributed by atoms with Crippen molar-refractivity contribution < 1.29 is 9.59 Å². The first-order valence-electron chi connectivity index (χ1n) is 8.78. The highest BCUT2D eigenvalue weighted by Gasteiger charge is 2.43. The topological polar surface area (TPSA) is 85.2 Å². The van der Waals surface area contributed by atoms with Gasteiger partial charge in [-0.3, -0.25) is 14.5 Å². The zero-order valence-corrected chi connectivity index (χ0v) is 16.2. The van der Waals surface area contributed by atoms with Crippen LogP contribution in [0.1, 0.15) is 32.3 Å². The summed E-state index contributed by atoms with van der Waals surface area (Å²) in [6.07, 6.45) is 1.92. The van der Waals surface area contributed by atoms with Gasteiger partial charge in [-0.1, -0.05) is 24.6 Å². The van der Waals surface area contributed by atoms with Crippen LogP contribution < -0.4 is 10.6 Å². The Labute approximate surface area is 159 Å². The van der Waals surface area contributed by atoms with E-state index in [2.05, 4.69) is 16.7 Å². The molecule has 2 amide bonds. The molecule has 0 aliphatic heterocycles. The van der Waals surface area contributed by atoms with Crippen molar-refractivity contribution >= 4 is 29.1 Å². The maximum Gasteiger partial charge on any atom is 0.238 e. The predicted molar refractivity (Wildman–Crippen MR) is 102 cm³/mol. The van der Waals surface area contributed by atoms with Crippen molar-refractivity contribution in [2.45, 2.75) is 39.2 Å². The summed E-state index contributed by atoms with van der Waals surface area (Å²) in [4.78, 5) is 26.3. The van der Waals surface area contributed by atoms with E-state index in [4.69, 9.17) is 11.6 Å². The number of nitrogens with one attached hydrogen (secondary N) is 2. The lowest BCUT2D eigenvalue weighted by Gasteiger charge is -2.25. The number of anilines is 1. The molecule has 1 aliphatic rings. The third-order valence-corrected chi connectivity index (χ3v) is 4.92. The molecule has 0 heterocycles. The van der Waals surface area contributed by atoms with Gasteiger partial charge in [0.05, 0.1) is 19.2 Å². The van der Waals surface area contributed by atoms with Gasteiger partial charge in [0.2, 0.25) is 11.8 Å². The van der Waals surface area contributed by atoms with E-state index in [1.54, 1.807) is 24.0 Å². The Morgan fingerprint density at radius 1 is 1.35 bits per heavy atom. The molecular weight excluding hydrogens is 352 g/mol. The molecule has 1 atom stereocenters. The van der Waals surface area contributed by atoms with Gasteiger partial charge in [-0.2, -0.15) is 5.26 Å². The summed E-state index contributed by atoms with van der Waals surface area (Å²) in [7, 11) is 0. The van der Waals surface area contributed by atoms with E-state index in [-0.39, 0.29) is 30.8 Å². The van der Waals surface area contributed by atoms with Crippen molar-refractivity contribution in [3.8, 4) is 6.07 Å². The van der Waals surface area contributed by atoms with Crippen molar-refractivity contribution in [1.29, 1.82) is 5.26 Å². The minimum Gasteiger partial charge on any atom is -0.337 e. The van der Waals surface area contributed by atoms with E-state index >= 15 is 0 Å². The fourth-order valence-electron chi connectivity index (χ4n) is 2.82. The molecule has 0 saturated heterocycles. The quantitative estimate of drug-likeness (QED) is 0.730. The molecule has 0 aromatic heterocycles. The first-order valence-corrected chi connectivity index (χ1v) is 9.15. The fourth-order valence-corrected chi connectivity index (χ4v) is 2.99. The number of benzene rings is 1. The number of likely N-dealkylation sites (N-methyl/N-ethyl adjacent to an activating group) is 1. The minimum absolute atomic E-state index is 0.0719. The third kappa shape index (κ3) is 5.45. The first-order chi connectivity index (χ1) is 12.3. The van der Waals surface area contributed by atoms with Crippen molar-refractivity contribution in [3.05, 3.63) is 28.8 Å². The summed E-state index contributed by atoms with van der Waals surface area (Å²) in [6, 6.07) is 7.51. The number of nitriles is 1. The summed E-state index contributed by atoms with van der Waals surface area (Å²) in [5.74, 6) is -0.231. The number of aryl methyl sites for hydroxylation is 1. The molecule has 0 unspecified atom stereocenters. The van der Waals surface area contributed by atoms with Gasteiger partial charge >= 0.3 is 0 Å². The molecule has 0 radical (unpaired) electrons. The molecule has 1 aromatic carbocycles. The van der Waals surface area contributed by atoms with Gasteiger partial charge in [-0.05, 0) is 56.8 Å². The molecule has 140 valence electrons. The van der Waals surface area contributed by atoms with Crippen molar-refractivity contribution in [1.82, 2.24) is 10.2 Å².